The molecule has 0 bridgehead atoms. The summed E-state index contributed by atoms with van der Waals surface area (Å²) in [6, 6.07) is 9.15. The van der Waals surface area contributed by atoms with Crippen molar-refractivity contribution in [3.8, 4) is 17.1 Å². The normalized spacial score (nSPS) is 10.5. The summed E-state index contributed by atoms with van der Waals surface area (Å²) in [5.74, 6) is -0.126. The molecule has 2 aromatic heterocycles. The number of nitro groups is 2. The van der Waals surface area contributed by atoms with Crippen molar-refractivity contribution in [3.05, 3.63) is 62.8 Å². The number of fused-ring (bicyclic) bond motifs is 1. The van der Waals surface area contributed by atoms with Crippen LogP contribution < -0.4 is 4.74 Å². The summed E-state index contributed by atoms with van der Waals surface area (Å²) in [5, 5.41) is 22.6. The van der Waals surface area contributed by atoms with Gasteiger partial charge in [0, 0.05) is 6.20 Å². The molecule has 9 heteroatoms. The number of benzene rings is 1. The molecule has 0 unspecified atom stereocenters. The predicted molar refractivity (Wildman–Crippen MR) is 84.8 cm³/mol. The van der Waals surface area contributed by atoms with Gasteiger partial charge in [-0.1, -0.05) is 6.07 Å². The Morgan fingerprint density at radius 2 is 1.75 bits per heavy atom. The van der Waals surface area contributed by atoms with Gasteiger partial charge >= 0.3 is 5.69 Å². The number of nitro benzene ring substituents is 2. The van der Waals surface area contributed by atoms with Crippen molar-refractivity contribution in [1.82, 2.24) is 9.97 Å². The van der Waals surface area contributed by atoms with E-state index >= 15 is 0 Å². The van der Waals surface area contributed by atoms with Crippen molar-refractivity contribution in [2.45, 2.75) is 0 Å². The first kappa shape index (κ1) is 15.3. The van der Waals surface area contributed by atoms with E-state index in [9.17, 15) is 20.2 Å². The lowest BCUT2D eigenvalue weighted by Gasteiger charge is -2.08. The van der Waals surface area contributed by atoms with Crippen LogP contribution in [-0.4, -0.2) is 26.9 Å². The maximum absolute atomic E-state index is 11.2. The molecule has 1 aromatic carbocycles. The first-order valence-corrected chi connectivity index (χ1v) is 6.75. The third-order valence-corrected chi connectivity index (χ3v) is 3.42. The fourth-order valence-electron chi connectivity index (χ4n) is 2.38. The van der Waals surface area contributed by atoms with Gasteiger partial charge in [0.25, 0.3) is 5.69 Å². The number of pyridine rings is 2. The third kappa shape index (κ3) is 2.47. The summed E-state index contributed by atoms with van der Waals surface area (Å²) in [4.78, 5) is 29.5. The molecular formula is C15H10N4O5. The predicted octanol–water partition coefficient (Wildman–Crippen LogP) is 3.12. The first-order valence-electron chi connectivity index (χ1n) is 6.75. The summed E-state index contributed by atoms with van der Waals surface area (Å²) in [6.07, 6.45) is 1.58. The highest BCUT2D eigenvalue weighted by atomic mass is 16.6. The van der Waals surface area contributed by atoms with Gasteiger partial charge in [0.15, 0.2) is 0 Å². The summed E-state index contributed by atoms with van der Waals surface area (Å²) in [5.41, 5.74) is 0.0910. The Bertz CT molecular complexity index is 959. The van der Waals surface area contributed by atoms with Gasteiger partial charge in [0.2, 0.25) is 5.75 Å². The quantitative estimate of drug-likeness (QED) is 0.533. The second-order valence-electron chi connectivity index (χ2n) is 4.77. The number of aromatic nitrogens is 2. The molecular weight excluding hydrogens is 316 g/mol. The zero-order valence-electron chi connectivity index (χ0n) is 12.4. The molecule has 0 atom stereocenters. The molecule has 120 valence electrons. The highest BCUT2D eigenvalue weighted by molar-refractivity contribution is 5.97. The van der Waals surface area contributed by atoms with Crippen molar-refractivity contribution >= 4 is 22.3 Å². The Balaban J connectivity index is 2.38. The van der Waals surface area contributed by atoms with Crippen LogP contribution in [0, 0.1) is 20.2 Å². The molecule has 0 aliphatic rings. The second-order valence-corrected chi connectivity index (χ2v) is 4.77. The van der Waals surface area contributed by atoms with Crippen LogP contribution in [0.25, 0.3) is 22.3 Å². The largest absolute Gasteiger partial charge is 0.489 e. The molecule has 0 spiro atoms. The molecule has 0 N–H and O–H groups in total. The fraction of sp³-hybridized carbons (Fsp3) is 0.0667. The van der Waals surface area contributed by atoms with Crippen LogP contribution in [0.2, 0.25) is 0 Å². The Morgan fingerprint density at radius 3 is 2.33 bits per heavy atom. The summed E-state index contributed by atoms with van der Waals surface area (Å²) >= 11 is 0. The zero-order chi connectivity index (χ0) is 17.3. The van der Waals surface area contributed by atoms with Gasteiger partial charge in [0.05, 0.1) is 39.8 Å². The Kier molecular flexibility index (Phi) is 3.74. The van der Waals surface area contributed by atoms with E-state index < -0.39 is 21.2 Å². The SMILES string of the molecule is COc1c([N+](=O)[O-])cc([N+](=O)[O-])c2ccc(-c3ccccn3)nc12. The van der Waals surface area contributed by atoms with E-state index in [1.807, 2.05) is 0 Å². The van der Waals surface area contributed by atoms with Gasteiger partial charge < -0.3 is 4.74 Å². The van der Waals surface area contributed by atoms with Gasteiger partial charge in [-0.2, -0.15) is 0 Å². The van der Waals surface area contributed by atoms with E-state index in [2.05, 4.69) is 9.97 Å². The molecule has 3 rings (SSSR count). The molecule has 3 aromatic rings. The average Bonchev–Trinajstić information content (AvgIpc) is 2.60. The Hall–Kier alpha value is -3.62. The van der Waals surface area contributed by atoms with Gasteiger partial charge in [0.1, 0.15) is 5.52 Å². The monoisotopic (exact) mass is 326 g/mol. The van der Waals surface area contributed by atoms with Crippen molar-refractivity contribution in [3.63, 3.8) is 0 Å². The highest BCUT2D eigenvalue weighted by Gasteiger charge is 2.27. The maximum Gasteiger partial charge on any atom is 0.320 e. The minimum absolute atomic E-state index is 0.0431. The number of non-ortho nitro benzene ring substituents is 1. The molecule has 24 heavy (non-hydrogen) atoms. The lowest BCUT2D eigenvalue weighted by Crippen LogP contribution is -2.00. The second kappa shape index (κ2) is 5.88. The van der Waals surface area contributed by atoms with Gasteiger partial charge in [-0.05, 0) is 24.3 Å². The van der Waals surface area contributed by atoms with Crippen LogP contribution in [0.3, 0.4) is 0 Å². The van der Waals surface area contributed by atoms with Gasteiger partial charge in [-0.3, -0.25) is 25.2 Å². The maximum atomic E-state index is 11.2. The van der Waals surface area contributed by atoms with Crippen LogP contribution in [-0.2, 0) is 0 Å². The van der Waals surface area contributed by atoms with Gasteiger partial charge in [-0.15, -0.1) is 0 Å². The van der Waals surface area contributed by atoms with E-state index in [0.29, 0.717) is 11.4 Å². The minimum Gasteiger partial charge on any atom is -0.489 e. The standard InChI is InChI=1S/C15H10N4O5/c1-24-15-13(19(22)23)8-12(18(20)21)9-5-6-11(17-14(9)15)10-4-2-3-7-16-10/h2-8H,1H3. The third-order valence-electron chi connectivity index (χ3n) is 3.42. The van der Waals surface area contributed by atoms with Crippen molar-refractivity contribution in [2.75, 3.05) is 7.11 Å². The highest BCUT2D eigenvalue weighted by Crippen LogP contribution is 2.40. The van der Waals surface area contributed by atoms with E-state index in [4.69, 9.17) is 4.74 Å². The number of methoxy groups -OCH3 is 1. The molecule has 0 amide bonds. The number of hydrogen-bond acceptors (Lipinski definition) is 7. The van der Waals surface area contributed by atoms with Crippen LogP contribution in [0.4, 0.5) is 11.4 Å². The number of hydrogen-bond donors (Lipinski definition) is 0. The average molecular weight is 326 g/mol. The lowest BCUT2D eigenvalue weighted by molar-refractivity contribution is -0.393. The van der Waals surface area contributed by atoms with Crippen LogP contribution in [0.1, 0.15) is 0 Å². The Labute approximate surface area is 134 Å². The molecule has 0 radical (unpaired) electrons. The molecule has 0 saturated heterocycles. The number of nitrogens with zero attached hydrogens (tertiary/aromatic N) is 4. The summed E-state index contributed by atoms with van der Waals surface area (Å²) in [7, 11) is 1.25. The molecule has 0 aliphatic heterocycles. The Morgan fingerprint density at radius 1 is 1.00 bits per heavy atom. The first-order chi connectivity index (χ1) is 11.5. The number of ether oxygens (including phenoxy) is 1. The van der Waals surface area contributed by atoms with Crippen LogP contribution in [0.5, 0.6) is 5.75 Å². The molecule has 0 saturated carbocycles. The molecule has 0 aliphatic carbocycles. The molecule has 0 fully saturated rings. The van der Waals surface area contributed by atoms with Crippen LogP contribution in [0.15, 0.2) is 42.6 Å². The summed E-state index contributed by atoms with van der Waals surface area (Å²) < 4.78 is 5.10. The van der Waals surface area contributed by atoms with Crippen molar-refractivity contribution in [2.24, 2.45) is 0 Å². The topological polar surface area (TPSA) is 121 Å². The molecule has 2 heterocycles. The lowest BCUT2D eigenvalue weighted by atomic mass is 10.1. The molecule has 9 nitrogen and oxygen atoms in total. The van der Waals surface area contributed by atoms with Gasteiger partial charge in [-0.25, -0.2) is 4.98 Å². The summed E-state index contributed by atoms with van der Waals surface area (Å²) in [6.45, 7) is 0. The van der Waals surface area contributed by atoms with E-state index in [1.165, 1.54) is 13.2 Å². The van der Waals surface area contributed by atoms with Crippen molar-refractivity contribution < 1.29 is 14.6 Å². The number of rotatable bonds is 4. The fourth-order valence-corrected chi connectivity index (χ4v) is 2.38. The zero-order valence-corrected chi connectivity index (χ0v) is 12.4. The minimum atomic E-state index is -0.736. The van der Waals surface area contributed by atoms with E-state index in [-0.39, 0.29) is 16.7 Å². The van der Waals surface area contributed by atoms with E-state index in [0.717, 1.165) is 6.07 Å². The smallest absolute Gasteiger partial charge is 0.320 e. The van der Waals surface area contributed by atoms with Crippen LogP contribution >= 0.6 is 0 Å². The van der Waals surface area contributed by atoms with E-state index in [1.54, 1.807) is 30.5 Å². The van der Waals surface area contributed by atoms with Crippen molar-refractivity contribution in [1.29, 1.82) is 0 Å².